The van der Waals surface area contributed by atoms with E-state index < -0.39 is 42.9 Å². The Morgan fingerprint density at radius 1 is 0.828 bits per heavy atom. The lowest BCUT2D eigenvalue weighted by Gasteiger charge is -2.32. The average molecular weight is 394 g/mol. The van der Waals surface area contributed by atoms with Gasteiger partial charge in [0.05, 0.1) is 0 Å². The van der Waals surface area contributed by atoms with Crippen molar-refractivity contribution in [1.82, 2.24) is 9.80 Å². The molecule has 2 aliphatic rings. The Balaban J connectivity index is 1.92. The smallest absolute Gasteiger partial charge is 0.333 e. The van der Waals surface area contributed by atoms with Crippen LogP contribution in [0.4, 0.5) is 4.79 Å². The van der Waals surface area contributed by atoms with Gasteiger partial charge in [-0.15, -0.1) is 0 Å². The molecule has 8 heteroatoms. The Labute approximate surface area is 166 Å². The zero-order chi connectivity index (χ0) is 20.8. The molecule has 1 heterocycles. The van der Waals surface area contributed by atoms with E-state index in [1.54, 1.807) is 24.3 Å². The van der Waals surface area contributed by atoms with Crippen molar-refractivity contribution >= 4 is 23.9 Å². The first-order chi connectivity index (χ1) is 13.9. The van der Waals surface area contributed by atoms with E-state index in [1.165, 1.54) is 18.7 Å². The Morgan fingerprint density at radius 3 is 1.83 bits per heavy atom. The lowest BCUT2D eigenvalue weighted by Crippen LogP contribution is -2.47. The molecule has 0 atom stereocenters. The molecule has 1 fully saturated rings. The van der Waals surface area contributed by atoms with Crippen LogP contribution in [0.3, 0.4) is 0 Å². The molecule has 1 aliphatic heterocycles. The Hall–Kier alpha value is -3.68. The van der Waals surface area contributed by atoms with Crippen molar-refractivity contribution in [3.63, 3.8) is 0 Å². The molecule has 1 spiro atoms. The predicted octanol–water partition coefficient (Wildman–Crippen LogP) is 2.22. The highest BCUT2D eigenvalue weighted by Gasteiger charge is 2.63. The molecule has 4 rings (SSSR count). The molecule has 0 bridgehead atoms. The first kappa shape index (κ1) is 18.7. The van der Waals surface area contributed by atoms with E-state index in [4.69, 9.17) is 9.47 Å². The maximum atomic E-state index is 13.7. The second kappa shape index (κ2) is 6.73. The second-order valence-corrected chi connectivity index (χ2v) is 6.78. The standard InChI is InChI=1S/C21H18N2O6/c1-13(24)28-11-22-19(26)21(23(20(22)27)12-29-14(2)25)17-9-5-3-7-15(17)16-8-4-6-10-18(16)21/h3-10H,11-12H2,1-2H3. The number of imide groups is 1. The van der Waals surface area contributed by atoms with Crippen molar-refractivity contribution in [2.24, 2.45) is 0 Å². The summed E-state index contributed by atoms with van der Waals surface area (Å²) in [4.78, 5) is 51.6. The number of carbonyl (C=O) groups excluding carboxylic acids is 4. The zero-order valence-corrected chi connectivity index (χ0v) is 15.9. The van der Waals surface area contributed by atoms with Gasteiger partial charge in [-0.1, -0.05) is 48.5 Å². The molecule has 0 saturated carbocycles. The summed E-state index contributed by atoms with van der Waals surface area (Å²) in [5, 5.41) is 0. The summed E-state index contributed by atoms with van der Waals surface area (Å²) in [5.41, 5.74) is 1.34. The fraction of sp³-hybridized carbons (Fsp3) is 0.238. The highest BCUT2D eigenvalue weighted by molar-refractivity contribution is 6.13. The molecule has 148 valence electrons. The summed E-state index contributed by atoms with van der Waals surface area (Å²) in [6.45, 7) is 1.48. The van der Waals surface area contributed by atoms with E-state index in [0.717, 1.165) is 16.0 Å². The van der Waals surface area contributed by atoms with Gasteiger partial charge in [0, 0.05) is 13.8 Å². The monoisotopic (exact) mass is 394 g/mol. The van der Waals surface area contributed by atoms with Crippen LogP contribution in [-0.2, 0) is 29.4 Å². The van der Waals surface area contributed by atoms with Crippen LogP contribution in [0.15, 0.2) is 48.5 Å². The number of fused-ring (bicyclic) bond motifs is 5. The van der Waals surface area contributed by atoms with Gasteiger partial charge < -0.3 is 9.47 Å². The van der Waals surface area contributed by atoms with Gasteiger partial charge in [0.2, 0.25) is 0 Å². The van der Waals surface area contributed by atoms with E-state index >= 15 is 0 Å². The third kappa shape index (κ3) is 2.60. The van der Waals surface area contributed by atoms with Crippen LogP contribution in [0.1, 0.15) is 25.0 Å². The Bertz CT molecular complexity index is 1000. The molecular formula is C21H18N2O6. The largest absolute Gasteiger partial charge is 0.444 e. The van der Waals surface area contributed by atoms with Crippen molar-refractivity contribution in [2.75, 3.05) is 13.5 Å². The normalized spacial score (nSPS) is 16.1. The molecular weight excluding hydrogens is 376 g/mol. The van der Waals surface area contributed by atoms with Gasteiger partial charge in [0.1, 0.15) is 0 Å². The molecule has 2 aromatic rings. The van der Waals surface area contributed by atoms with Crippen molar-refractivity contribution in [3.05, 3.63) is 59.7 Å². The fourth-order valence-electron chi connectivity index (χ4n) is 4.00. The molecule has 2 aromatic carbocycles. The minimum atomic E-state index is -1.50. The van der Waals surface area contributed by atoms with Gasteiger partial charge >= 0.3 is 18.0 Å². The average Bonchev–Trinajstić information content (AvgIpc) is 3.10. The van der Waals surface area contributed by atoms with Crippen LogP contribution in [0.2, 0.25) is 0 Å². The second-order valence-electron chi connectivity index (χ2n) is 6.78. The molecule has 29 heavy (non-hydrogen) atoms. The van der Waals surface area contributed by atoms with E-state index in [-0.39, 0.29) is 0 Å². The summed E-state index contributed by atoms with van der Waals surface area (Å²) in [6.07, 6.45) is 0. The highest BCUT2D eigenvalue weighted by atomic mass is 16.6. The zero-order valence-electron chi connectivity index (χ0n) is 15.9. The third-order valence-electron chi connectivity index (χ3n) is 5.14. The maximum Gasteiger partial charge on any atom is 0.333 e. The SMILES string of the molecule is CC(=O)OCN1C(=O)N(COC(C)=O)C2(C1=O)c1ccccc1-c1ccccc12. The molecule has 1 saturated heterocycles. The minimum Gasteiger partial charge on any atom is -0.444 e. The van der Waals surface area contributed by atoms with Crippen LogP contribution in [-0.4, -0.2) is 47.1 Å². The lowest BCUT2D eigenvalue weighted by molar-refractivity contribution is -0.150. The summed E-state index contributed by atoms with van der Waals surface area (Å²) >= 11 is 0. The van der Waals surface area contributed by atoms with Crippen molar-refractivity contribution in [2.45, 2.75) is 19.4 Å². The number of ether oxygens (including phenoxy) is 2. The number of carbonyl (C=O) groups is 4. The number of hydrogen-bond donors (Lipinski definition) is 0. The number of rotatable bonds is 4. The first-order valence-electron chi connectivity index (χ1n) is 8.98. The molecule has 3 amide bonds. The van der Waals surface area contributed by atoms with Crippen LogP contribution < -0.4 is 0 Å². The van der Waals surface area contributed by atoms with Gasteiger partial charge in [-0.25, -0.2) is 9.69 Å². The van der Waals surface area contributed by atoms with Gasteiger partial charge in [0.25, 0.3) is 5.91 Å². The summed E-state index contributed by atoms with van der Waals surface area (Å²) in [6, 6.07) is 13.9. The van der Waals surface area contributed by atoms with Crippen LogP contribution in [0.5, 0.6) is 0 Å². The predicted molar refractivity (Wildman–Crippen MR) is 100 cm³/mol. The summed E-state index contributed by atoms with van der Waals surface area (Å²) in [7, 11) is 0. The summed E-state index contributed by atoms with van der Waals surface area (Å²) in [5.74, 6) is -1.77. The molecule has 0 unspecified atom stereocenters. The number of hydrogen-bond acceptors (Lipinski definition) is 6. The molecule has 0 N–H and O–H groups in total. The summed E-state index contributed by atoms with van der Waals surface area (Å²) < 4.78 is 10.0. The van der Waals surface area contributed by atoms with Crippen LogP contribution >= 0.6 is 0 Å². The number of nitrogens with zero attached hydrogens (tertiary/aromatic N) is 2. The highest BCUT2D eigenvalue weighted by Crippen LogP contribution is 2.54. The van der Waals surface area contributed by atoms with Gasteiger partial charge in [-0.3, -0.25) is 19.3 Å². The topological polar surface area (TPSA) is 93.2 Å². The van der Waals surface area contributed by atoms with E-state index in [1.807, 2.05) is 24.3 Å². The van der Waals surface area contributed by atoms with Gasteiger partial charge in [-0.2, -0.15) is 0 Å². The van der Waals surface area contributed by atoms with Crippen LogP contribution in [0, 0.1) is 0 Å². The quantitative estimate of drug-likeness (QED) is 0.583. The van der Waals surface area contributed by atoms with E-state index in [2.05, 4.69) is 0 Å². The van der Waals surface area contributed by atoms with Gasteiger partial charge in [0.15, 0.2) is 19.0 Å². The molecule has 0 radical (unpaired) electrons. The Morgan fingerprint density at radius 2 is 1.31 bits per heavy atom. The molecule has 8 nitrogen and oxygen atoms in total. The molecule has 1 aliphatic carbocycles. The van der Waals surface area contributed by atoms with Crippen molar-refractivity contribution in [1.29, 1.82) is 0 Å². The minimum absolute atomic E-state index is 0.418. The van der Waals surface area contributed by atoms with Crippen molar-refractivity contribution < 1.29 is 28.7 Å². The lowest BCUT2D eigenvalue weighted by atomic mass is 9.86. The fourth-order valence-corrected chi connectivity index (χ4v) is 4.00. The van der Waals surface area contributed by atoms with Crippen molar-refractivity contribution in [3.8, 4) is 11.1 Å². The van der Waals surface area contributed by atoms with E-state index in [0.29, 0.717) is 11.1 Å². The first-order valence-corrected chi connectivity index (χ1v) is 8.98. The van der Waals surface area contributed by atoms with E-state index in [9.17, 15) is 19.2 Å². The number of esters is 2. The van der Waals surface area contributed by atoms with Crippen LogP contribution in [0.25, 0.3) is 11.1 Å². The Kier molecular flexibility index (Phi) is 4.34. The number of urea groups is 1. The maximum absolute atomic E-state index is 13.7. The third-order valence-corrected chi connectivity index (χ3v) is 5.14. The number of amides is 3. The molecule has 0 aromatic heterocycles. The van der Waals surface area contributed by atoms with Gasteiger partial charge in [-0.05, 0) is 22.3 Å². The number of benzene rings is 2.